The fourth-order valence-corrected chi connectivity index (χ4v) is 6.37. The Kier molecular flexibility index (Phi) is 6.15. The number of benzene rings is 6. The molecule has 0 spiro atoms. The zero-order valence-electron chi connectivity index (χ0n) is 22.9. The Morgan fingerprint density at radius 1 is 0.600 bits per heavy atom. The molecular formula is C39H31N. The minimum Gasteiger partial charge on any atom is -0.340 e. The van der Waals surface area contributed by atoms with Crippen LogP contribution in [0.2, 0.25) is 0 Å². The lowest BCUT2D eigenvalue weighted by molar-refractivity contribution is 0.584. The van der Waals surface area contributed by atoms with Gasteiger partial charge >= 0.3 is 0 Å². The molecule has 1 heteroatoms. The minimum absolute atomic E-state index is 0.916. The highest BCUT2D eigenvalue weighted by Gasteiger charge is 2.12. The molecule has 0 aliphatic carbocycles. The van der Waals surface area contributed by atoms with Gasteiger partial charge in [0.15, 0.2) is 0 Å². The summed E-state index contributed by atoms with van der Waals surface area (Å²) in [7, 11) is 0. The summed E-state index contributed by atoms with van der Waals surface area (Å²) in [4.78, 5) is 0. The molecule has 0 fully saturated rings. The smallest absolute Gasteiger partial charge is 0.0492 e. The molecule has 0 aliphatic rings. The Morgan fingerprint density at radius 2 is 1.25 bits per heavy atom. The lowest BCUT2D eigenvalue weighted by Crippen LogP contribution is -1.97. The van der Waals surface area contributed by atoms with E-state index in [0.717, 1.165) is 23.2 Å². The van der Waals surface area contributed by atoms with Crippen LogP contribution in [0.1, 0.15) is 55.7 Å². The van der Waals surface area contributed by atoms with E-state index in [4.69, 9.17) is 6.42 Å². The van der Waals surface area contributed by atoms with E-state index in [1.807, 2.05) is 0 Å². The van der Waals surface area contributed by atoms with Gasteiger partial charge in [-0.3, -0.25) is 0 Å². The minimum atomic E-state index is 0.916. The summed E-state index contributed by atoms with van der Waals surface area (Å²) in [5.74, 6) is 9.84. The quantitative estimate of drug-likeness (QED) is 0.118. The highest BCUT2D eigenvalue weighted by Crippen LogP contribution is 2.36. The van der Waals surface area contributed by atoms with Gasteiger partial charge in [0.1, 0.15) is 0 Å². The van der Waals surface area contributed by atoms with Gasteiger partial charge in [-0.2, -0.15) is 0 Å². The van der Waals surface area contributed by atoms with E-state index < -0.39 is 0 Å². The zero-order chi connectivity index (χ0) is 27.1. The monoisotopic (exact) mass is 513 g/mol. The van der Waals surface area contributed by atoms with Gasteiger partial charge in [-0.1, -0.05) is 98.9 Å². The predicted molar refractivity (Wildman–Crippen MR) is 172 cm³/mol. The Balaban J connectivity index is 1.32. The maximum Gasteiger partial charge on any atom is 0.0492 e. The van der Waals surface area contributed by atoms with E-state index in [1.54, 1.807) is 0 Å². The van der Waals surface area contributed by atoms with E-state index in [-0.39, 0.29) is 0 Å². The summed E-state index contributed by atoms with van der Waals surface area (Å²) in [6.45, 7) is 3.29. The van der Waals surface area contributed by atoms with Crippen molar-refractivity contribution < 1.29 is 0 Å². The van der Waals surface area contributed by atoms with Crippen LogP contribution in [0.15, 0.2) is 91.0 Å². The van der Waals surface area contributed by atoms with E-state index in [1.165, 1.54) is 86.2 Å². The molecule has 0 radical (unpaired) electrons. The zero-order valence-corrected chi connectivity index (χ0v) is 22.9. The molecule has 0 saturated carbocycles. The van der Waals surface area contributed by atoms with Crippen molar-refractivity contribution in [3.8, 4) is 24.2 Å². The Labute approximate surface area is 235 Å². The summed E-state index contributed by atoms with van der Waals surface area (Å²) < 4.78 is 2.47. The average Bonchev–Trinajstić information content (AvgIpc) is 3.31. The standard InChI is InChI=1S/C39H31N/c1-3-5-6-7-8-24-40-36-22-13-27(4-2)25-34(36)35-26-28(14-23-37(35)40)12-15-29-16-17-32-19-18-30-10-9-11-31-20-21-33(29)39(32)38(30)31/h2,9-11,13-14,16-23,25-26H,3,5-8,24H2,1H3. The van der Waals surface area contributed by atoms with E-state index >= 15 is 0 Å². The lowest BCUT2D eigenvalue weighted by Gasteiger charge is -2.11. The normalized spacial score (nSPS) is 11.5. The van der Waals surface area contributed by atoms with Gasteiger partial charge in [0.2, 0.25) is 0 Å². The Bertz CT molecular complexity index is 2120. The number of nitrogens with zero attached hydrogens (tertiary/aromatic N) is 1. The maximum absolute atomic E-state index is 5.78. The first-order valence-corrected chi connectivity index (χ1v) is 14.5. The third kappa shape index (κ3) is 4.07. The van der Waals surface area contributed by atoms with E-state index in [9.17, 15) is 0 Å². The summed E-state index contributed by atoms with van der Waals surface area (Å²) in [5, 5.41) is 10.1. The first-order valence-electron chi connectivity index (χ1n) is 14.5. The maximum atomic E-state index is 5.78. The van der Waals surface area contributed by atoms with Gasteiger partial charge in [0, 0.05) is 45.0 Å². The molecule has 7 rings (SSSR count). The number of hydrogen-bond acceptors (Lipinski definition) is 0. The van der Waals surface area contributed by atoms with Crippen molar-refractivity contribution in [3.05, 3.63) is 108 Å². The number of aromatic nitrogens is 1. The van der Waals surface area contributed by atoms with Crippen LogP contribution >= 0.6 is 0 Å². The van der Waals surface area contributed by atoms with Crippen molar-refractivity contribution >= 4 is 54.1 Å². The molecule has 6 aromatic carbocycles. The fourth-order valence-electron chi connectivity index (χ4n) is 6.37. The molecular weight excluding hydrogens is 482 g/mol. The number of terminal acetylenes is 1. The number of aryl methyl sites for hydroxylation is 1. The van der Waals surface area contributed by atoms with Gasteiger partial charge < -0.3 is 4.57 Å². The molecule has 0 bridgehead atoms. The van der Waals surface area contributed by atoms with Crippen LogP contribution < -0.4 is 0 Å². The van der Waals surface area contributed by atoms with Crippen molar-refractivity contribution in [2.24, 2.45) is 0 Å². The number of rotatable bonds is 6. The van der Waals surface area contributed by atoms with Crippen LogP contribution in [0.25, 0.3) is 54.1 Å². The Hall–Kier alpha value is -4.72. The molecule has 1 heterocycles. The van der Waals surface area contributed by atoms with Crippen molar-refractivity contribution in [1.82, 2.24) is 4.57 Å². The number of unbranched alkanes of at least 4 members (excludes halogenated alkanes) is 4. The van der Waals surface area contributed by atoms with Gasteiger partial charge in [0.05, 0.1) is 0 Å². The van der Waals surface area contributed by atoms with Gasteiger partial charge in [0.25, 0.3) is 0 Å². The van der Waals surface area contributed by atoms with E-state index in [0.29, 0.717) is 0 Å². The third-order valence-electron chi connectivity index (χ3n) is 8.39. The molecule has 0 N–H and O–H groups in total. The predicted octanol–water partition coefficient (Wildman–Crippen LogP) is 10.0. The molecule has 0 saturated heterocycles. The Morgan fingerprint density at radius 3 is 2.00 bits per heavy atom. The second-order valence-electron chi connectivity index (χ2n) is 10.9. The van der Waals surface area contributed by atoms with Crippen LogP contribution in [-0.4, -0.2) is 4.57 Å². The van der Waals surface area contributed by atoms with Gasteiger partial charge in [-0.25, -0.2) is 0 Å². The molecule has 7 aromatic rings. The second kappa shape index (κ2) is 10.1. The van der Waals surface area contributed by atoms with Crippen LogP contribution in [-0.2, 0) is 6.54 Å². The van der Waals surface area contributed by atoms with E-state index in [2.05, 4.69) is 120 Å². The average molecular weight is 514 g/mol. The van der Waals surface area contributed by atoms with Crippen LogP contribution in [0.3, 0.4) is 0 Å². The highest BCUT2D eigenvalue weighted by atomic mass is 15.0. The van der Waals surface area contributed by atoms with Crippen LogP contribution in [0.4, 0.5) is 0 Å². The molecule has 1 aromatic heterocycles. The fraction of sp³-hybridized carbons (Fsp3) is 0.179. The third-order valence-corrected chi connectivity index (χ3v) is 8.39. The molecule has 0 amide bonds. The highest BCUT2D eigenvalue weighted by molar-refractivity contribution is 6.23. The van der Waals surface area contributed by atoms with Gasteiger partial charge in [-0.05, 0) is 81.2 Å². The van der Waals surface area contributed by atoms with Crippen molar-refractivity contribution in [1.29, 1.82) is 0 Å². The first kappa shape index (κ1) is 24.3. The first-order chi connectivity index (χ1) is 19.7. The SMILES string of the molecule is C#Cc1ccc2c(c1)c1cc(C#Cc3ccc4ccc5cccc6ccc3c4c56)ccc1n2CCCCCCC. The van der Waals surface area contributed by atoms with Crippen molar-refractivity contribution in [3.63, 3.8) is 0 Å². The molecule has 40 heavy (non-hydrogen) atoms. The number of hydrogen-bond donors (Lipinski definition) is 0. The topological polar surface area (TPSA) is 4.93 Å². The summed E-state index contributed by atoms with van der Waals surface area (Å²) in [6.07, 6.45) is 12.1. The van der Waals surface area contributed by atoms with Gasteiger partial charge in [-0.15, -0.1) is 6.42 Å². The summed E-state index contributed by atoms with van der Waals surface area (Å²) in [5.41, 5.74) is 5.51. The van der Waals surface area contributed by atoms with Crippen molar-refractivity contribution in [2.45, 2.75) is 45.6 Å². The van der Waals surface area contributed by atoms with Crippen LogP contribution in [0, 0.1) is 24.2 Å². The number of fused-ring (bicyclic) bond motifs is 3. The summed E-state index contributed by atoms with van der Waals surface area (Å²) >= 11 is 0. The molecule has 0 atom stereocenters. The second-order valence-corrected chi connectivity index (χ2v) is 10.9. The largest absolute Gasteiger partial charge is 0.340 e. The lowest BCUT2D eigenvalue weighted by atomic mass is 9.92. The van der Waals surface area contributed by atoms with Crippen molar-refractivity contribution in [2.75, 3.05) is 0 Å². The van der Waals surface area contributed by atoms with Crippen LogP contribution in [0.5, 0.6) is 0 Å². The molecule has 1 nitrogen and oxygen atoms in total. The molecule has 0 aliphatic heterocycles. The molecule has 192 valence electrons. The summed E-state index contributed by atoms with van der Waals surface area (Å²) in [6, 6.07) is 32.8. The molecule has 0 unspecified atom stereocenters.